The highest BCUT2D eigenvalue weighted by molar-refractivity contribution is 5.63. The molecule has 16 heteroatoms. The Kier molecular flexibility index (Phi) is 11.7. The third kappa shape index (κ3) is 7.31. The highest BCUT2D eigenvalue weighted by atomic mass is 16.7. The lowest BCUT2D eigenvalue weighted by molar-refractivity contribution is -0.333. The number of nitrogens with zero attached hydrogens (tertiary/aromatic N) is 1. The van der Waals surface area contributed by atoms with Gasteiger partial charge in [-0.2, -0.15) is 0 Å². The standard InChI is InChI=1S/C19H35NO15/c1-20-2-6(22)10(24)11(25)7(23)4-32-18-17(31)15(29)13(27)9(35-18)5-33-19-16(30)14(28)12(26)8(3-21)34-19/h2,6-19,21-31H,3-5H2,1H3/t6?,7?,8-,9?,10-,11-,12-,13-,14+,15+,16-,17-,18-,19-/m1/s1. The van der Waals surface area contributed by atoms with E-state index in [0.29, 0.717) is 0 Å². The Morgan fingerprint density at radius 1 is 0.743 bits per heavy atom. The van der Waals surface area contributed by atoms with E-state index in [1.807, 2.05) is 0 Å². The number of aliphatic imine (C=N–C) groups is 1. The molecule has 0 aliphatic carbocycles. The molecular weight excluding hydrogens is 482 g/mol. The SMILES string of the molecule is CN=CC(O)[C@@H](O)[C@H](O)C(O)CO[C@@H]1OC(CO[C@@H]2O[C@H](CO)[C@@H](O)[C@H](O)[C@H]2O)[C@@H](O)[C@H](O)[C@H]1O. The van der Waals surface area contributed by atoms with E-state index in [4.69, 9.17) is 18.9 Å². The molecule has 0 saturated carbocycles. The second-order valence-corrected chi connectivity index (χ2v) is 8.33. The van der Waals surface area contributed by atoms with Crippen LogP contribution in [0.4, 0.5) is 0 Å². The summed E-state index contributed by atoms with van der Waals surface area (Å²) in [6, 6.07) is 0. The van der Waals surface area contributed by atoms with Crippen molar-refractivity contribution in [1.29, 1.82) is 0 Å². The molecule has 0 radical (unpaired) electrons. The van der Waals surface area contributed by atoms with Crippen molar-refractivity contribution in [3.8, 4) is 0 Å². The Morgan fingerprint density at radius 3 is 1.80 bits per heavy atom. The van der Waals surface area contributed by atoms with Crippen molar-refractivity contribution in [2.24, 2.45) is 4.99 Å². The fraction of sp³-hybridized carbons (Fsp3) is 0.947. The van der Waals surface area contributed by atoms with Gasteiger partial charge in [-0.15, -0.1) is 0 Å². The highest BCUT2D eigenvalue weighted by Crippen LogP contribution is 2.26. The number of hydrogen-bond donors (Lipinski definition) is 11. The van der Waals surface area contributed by atoms with E-state index in [2.05, 4.69) is 4.99 Å². The number of aliphatic hydroxyl groups excluding tert-OH is 11. The summed E-state index contributed by atoms with van der Waals surface area (Å²) >= 11 is 0. The van der Waals surface area contributed by atoms with Crippen LogP contribution in [-0.2, 0) is 18.9 Å². The van der Waals surface area contributed by atoms with E-state index in [1.165, 1.54) is 7.05 Å². The maximum absolute atomic E-state index is 10.2. The summed E-state index contributed by atoms with van der Waals surface area (Å²) in [4.78, 5) is 3.49. The zero-order chi connectivity index (χ0) is 26.4. The summed E-state index contributed by atoms with van der Waals surface area (Å²) in [5.74, 6) is 0. The van der Waals surface area contributed by atoms with Gasteiger partial charge in [0.1, 0.15) is 73.2 Å². The van der Waals surface area contributed by atoms with Crippen molar-refractivity contribution >= 4 is 6.21 Å². The van der Waals surface area contributed by atoms with Gasteiger partial charge >= 0.3 is 0 Å². The van der Waals surface area contributed by atoms with Gasteiger partial charge in [0.2, 0.25) is 0 Å². The molecule has 2 rings (SSSR count). The first-order valence-electron chi connectivity index (χ1n) is 10.8. The van der Waals surface area contributed by atoms with Gasteiger partial charge in [0, 0.05) is 13.3 Å². The van der Waals surface area contributed by atoms with Crippen LogP contribution in [0.25, 0.3) is 0 Å². The molecule has 2 heterocycles. The Balaban J connectivity index is 1.95. The predicted molar refractivity (Wildman–Crippen MR) is 111 cm³/mol. The molecule has 2 aliphatic rings. The first kappa shape index (κ1) is 30.3. The summed E-state index contributed by atoms with van der Waals surface area (Å²) in [6.45, 7) is -2.02. The van der Waals surface area contributed by atoms with Crippen LogP contribution in [0.2, 0.25) is 0 Å². The number of hydrogen-bond acceptors (Lipinski definition) is 16. The molecule has 0 aromatic rings. The molecule has 11 N–H and O–H groups in total. The maximum atomic E-state index is 10.2. The van der Waals surface area contributed by atoms with Crippen LogP contribution in [0, 0.1) is 0 Å². The smallest absolute Gasteiger partial charge is 0.186 e. The van der Waals surface area contributed by atoms with E-state index < -0.39 is 106 Å². The zero-order valence-electron chi connectivity index (χ0n) is 18.8. The summed E-state index contributed by atoms with van der Waals surface area (Å²) in [5, 5.41) is 109. The Labute approximate surface area is 199 Å². The molecule has 16 nitrogen and oxygen atoms in total. The third-order valence-corrected chi connectivity index (χ3v) is 5.77. The average molecular weight is 517 g/mol. The minimum Gasteiger partial charge on any atom is -0.394 e. The fourth-order valence-corrected chi connectivity index (χ4v) is 3.55. The Hall–Kier alpha value is -0.930. The fourth-order valence-electron chi connectivity index (χ4n) is 3.55. The maximum Gasteiger partial charge on any atom is 0.186 e. The topological polar surface area (TPSA) is 272 Å². The molecule has 2 aliphatic heterocycles. The monoisotopic (exact) mass is 517 g/mol. The van der Waals surface area contributed by atoms with Gasteiger partial charge in [-0.3, -0.25) is 4.99 Å². The Bertz CT molecular complexity index is 656. The molecule has 0 aromatic heterocycles. The highest BCUT2D eigenvalue weighted by Gasteiger charge is 2.47. The van der Waals surface area contributed by atoms with Crippen molar-refractivity contribution in [2.45, 2.75) is 85.8 Å². The molecule has 0 bridgehead atoms. The lowest BCUT2D eigenvalue weighted by Crippen LogP contribution is -2.62. The predicted octanol–water partition coefficient (Wildman–Crippen LogP) is -7.23. The van der Waals surface area contributed by atoms with Crippen LogP contribution in [0.15, 0.2) is 4.99 Å². The van der Waals surface area contributed by atoms with E-state index in [1.54, 1.807) is 0 Å². The lowest BCUT2D eigenvalue weighted by Gasteiger charge is -2.42. The molecule has 0 spiro atoms. The van der Waals surface area contributed by atoms with Gasteiger partial charge in [0.15, 0.2) is 12.6 Å². The van der Waals surface area contributed by atoms with Gasteiger partial charge in [0.25, 0.3) is 0 Å². The van der Waals surface area contributed by atoms with E-state index >= 15 is 0 Å². The number of rotatable bonds is 11. The van der Waals surface area contributed by atoms with Crippen molar-refractivity contribution in [3.05, 3.63) is 0 Å². The van der Waals surface area contributed by atoms with Crippen LogP contribution >= 0.6 is 0 Å². The van der Waals surface area contributed by atoms with Crippen molar-refractivity contribution in [1.82, 2.24) is 0 Å². The van der Waals surface area contributed by atoms with Crippen molar-refractivity contribution in [2.75, 3.05) is 26.9 Å². The Morgan fingerprint density at radius 2 is 1.26 bits per heavy atom. The zero-order valence-corrected chi connectivity index (χ0v) is 18.8. The molecular formula is C19H35NO15. The molecule has 0 aromatic carbocycles. The molecule has 2 saturated heterocycles. The van der Waals surface area contributed by atoms with Gasteiger partial charge < -0.3 is 75.1 Å². The summed E-state index contributed by atoms with van der Waals surface area (Å²) in [6.07, 6.45) is -22.3. The van der Waals surface area contributed by atoms with Gasteiger partial charge in [0.05, 0.1) is 19.8 Å². The minimum absolute atomic E-state index is 0.583. The number of aliphatic hydroxyl groups is 11. The summed E-state index contributed by atoms with van der Waals surface area (Å²) in [5.41, 5.74) is 0. The van der Waals surface area contributed by atoms with Crippen LogP contribution in [0.1, 0.15) is 0 Å². The molecule has 2 fully saturated rings. The summed E-state index contributed by atoms with van der Waals surface area (Å²) in [7, 11) is 1.32. The molecule has 206 valence electrons. The van der Waals surface area contributed by atoms with Crippen molar-refractivity contribution < 1.29 is 75.1 Å². The molecule has 35 heavy (non-hydrogen) atoms. The number of ether oxygens (including phenoxy) is 4. The van der Waals surface area contributed by atoms with Gasteiger partial charge in [-0.1, -0.05) is 0 Å². The van der Waals surface area contributed by atoms with E-state index in [-0.39, 0.29) is 0 Å². The summed E-state index contributed by atoms with van der Waals surface area (Å²) < 4.78 is 21.0. The van der Waals surface area contributed by atoms with E-state index in [0.717, 1.165) is 6.21 Å². The van der Waals surface area contributed by atoms with Crippen molar-refractivity contribution in [3.63, 3.8) is 0 Å². The van der Waals surface area contributed by atoms with E-state index in [9.17, 15) is 56.2 Å². The first-order valence-corrected chi connectivity index (χ1v) is 10.8. The normalized spacial score (nSPS) is 42.1. The molecule has 14 atom stereocenters. The largest absolute Gasteiger partial charge is 0.394 e. The van der Waals surface area contributed by atoms with Crippen LogP contribution in [-0.4, -0.2) is 175 Å². The molecule has 3 unspecified atom stereocenters. The van der Waals surface area contributed by atoms with Gasteiger partial charge in [-0.05, 0) is 0 Å². The average Bonchev–Trinajstić information content (AvgIpc) is 2.84. The minimum atomic E-state index is -1.88. The van der Waals surface area contributed by atoms with Gasteiger partial charge in [-0.25, -0.2) is 0 Å². The van der Waals surface area contributed by atoms with Crippen LogP contribution < -0.4 is 0 Å². The van der Waals surface area contributed by atoms with Crippen LogP contribution in [0.3, 0.4) is 0 Å². The quantitative estimate of drug-likeness (QED) is 0.114. The third-order valence-electron chi connectivity index (χ3n) is 5.77. The van der Waals surface area contributed by atoms with Crippen LogP contribution in [0.5, 0.6) is 0 Å². The first-order chi connectivity index (χ1) is 16.4. The second kappa shape index (κ2) is 13.6. The lowest BCUT2D eigenvalue weighted by atomic mass is 9.98. The molecule has 0 amide bonds. The second-order valence-electron chi connectivity index (χ2n) is 8.33.